The smallest absolute Gasteiger partial charge is 0.249 e. The highest BCUT2D eigenvalue weighted by Gasteiger charge is 2.40. The van der Waals surface area contributed by atoms with E-state index in [-0.39, 0.29) is 30.3 Å². The summed E-state index contributed by atoms with van der Waals surface area (Å²) in [7, 11) is 0. The summed E-state index contributed by atoms with van der Waals surface area (Å²) in [5, 5.41) is 3.64. The van der Waals surface area contributed by atoms with Gasteiger partial charge in [-0.05, 0) is 57.1 Å². The van der Waals surface area contributed by atoms with E-state index in [0.717, 1.165) is 24.9 Å². The van der Waals surface area contributed by atoms with Gasteiger partial charge in [0.2, 0.25) is 11.8 Å². The highest BCUT2D eigenvalue weighted by Crippen LogP contribution is 2.33. The second-order valence-corrected chi connectivity index (χ2v) is 7.99. The van der Waals surface area contributed by atoms with Gasteiger partial charge in [-0.2, -0.15) is 0 Å². The predicted octanol–water partition coefficient (Wildman–Crippen LogP) is 2.98. The van der Waals surface area contributed by atoms with Gasteiger partial charge in [0, 0.05) is 37.3 Å². The average Bonchev–Trinajstić information content (AvgIpc) is 3.19. The van der Waals surface area contributed by atoms with E-state index in [2.05, 4.69) is 5.32 Å². The first-order valence-corrected chi connectivity index (χ1v) is 10.1. The Morgan fingerprint density at radius 3 is 2.44 bits per heavy atom. The third-order valence-corrected chi connectivity index (χ3v) is 6.32. The van der Waals surface area contributed by atoms with Crippen molar-refractivity contribution in [2.24, 2.45) is 5.92 Å². The number of amides is 2. The first-order valence-electron chi connectivity index (χ1n) is 10.1. The van der Waals surface area contributed by atoms with E-state index in [4.69, 9.17) is 0 Å². The number of hydrogen-bond acceptors (Lipinski definition) is 3. The molecule has 2 amide bonds. The molecular weight excluding hydrogens is 362 g/mol. The van der Waals surface area contributed by atoms with E-state index in [1.54, 1.807) is 0 Å². The Morgan fingerprint density at radius 2 is 1.81 bits per heavy atom. The summed E-state index contributed by atoms with van der Waals surface area (Å²) in [5.74, 6) is 0.695. The normalized spacial score (nSPS) is 29.5. The van der Waals surface area contributed by atoms with Gasteiger partial charge in [0.05, 0.1) is 0 Å². The molecule has 3 aliphatic rings. The van der Waals surface area contributed by atoms with Gasteiger partial charge in [-0.1, -0.05) is 18.2 Å². The fourth-order valence-electron chi connectivity index (χ4n) is 5.09. The van der Waals surface area contributed by atoms with Crippen LogP contribution in [0.5, 0.6) is 0 Å². The molecule has 27 heavy (non-hydrogen) atoms. The molecule has 1 N–H and O–H groups in total. The van der Waals surface area contributed by atoms with Gasteiger partial charge in [0.25, 0.3) is 0 Å². The van der Waals surface area contributed by atoms with Crippen LogP contribution in [0, 0.1) is 5.92 Å². The van der Waals surface area contributed by atoms with Crippen molar-refractivity contribution in [2.45, 2.75) is 63.6 Å². The molecule has 1 aromatic rings. The summed E-state index contributed by atoms with van der Waals surface area (Å²) in [4.78, 5) is 29.6. The van der Waals surface area contributed by atoms with Crippen LogP contribution in [-0.2, 0) is 9.59 Å². The second kappa shape index (κ2) is 8.61. The third kappa shape index (κ3) is 4.14. The quantitative estimate of drug-likeness (QED) is 0.839. The molecule has 3 fully saturated rings. The largest absolute Gasteiger partial charge is 0.331 e. The zero-order valence-corrected chi connectivity index (χ0v) is 16.8. The number of benzene rings is 1. The first-order chi connectivity index (χ1) is 12.7. The van der Waals surface area contributed by atoms with Crippen molar-refractivity contribution < 1.29 is 9.59 Å². The Bertz CT molecular complexity index is 657. The van der Waals surface area contributed by atoms with Crippen LogP contribution >= 0.6 is 12.4 Å². The Labute approximate surface area is 167 Å². The molecule has 0 radical (unpaired) electrons. The molecule has 3 aliphatic heterocycles. The molecule has 0 aliphatic carbocycles. The lowest BCUT2D eigenvalue weighted by Gasteiger charge is -2.32. The number of likely N-dealkylation sites (N-methyl/N-ethyl adjacent to an activating group) is 1. The SMILES string of the molecule is CCN(C(=O)CC1CC2CCC(C1)N2)C1CCN(c2ccccc2)C1=O.Cl. The average molecular weight is 392 g/mol. The molecule has 0 spiro atoms. The highest BCUT2D eigenvalue weighted by atomic mass is 35.5. The van der Waals surface area contributed by atoms with Gasteiger partial charge in [0.1, 0.15) is 6.04 Å². The van der Waals surface area contributed by atoms with Crippen LogP contribution in [0.2, 0.25) is 0 Å². The number of hydrogen-bond donors (Lipinski definition) is 1. The molecule has 148 valence electrons. The number of carbonyl (C=O) groups is 2. The van der Waals surface area contributed by atoms with E-state index in [1.807, 2.05) is 47.1 Å². The third-order valence-electron chi connectivity index (χ3n) is 6.32. The maximum Gasteiger partial charge on any atom is 0.249 e. The minimum absolute atomic E-state index is 0. The van der Waals surface area contributed by atoms with Crippen LogP contribution in [0.4, 0.5) is 5.69 Å². The number of rotatable bonds is 5. The fourth-order valence-corrected chi connectivity index (χ4v) is 5.09. The summed E-state index contributed by atoms with van der Waals surface area (Å²) >= 11 is 0. The molecule has 4 rings (SSSR count). The van der Waals surface area contributed by atoms with Crippen molar-refractivity contribution in [3.8, 4) is 0 Å². The lowest BCUT2D eigenvalue weighted by Crippen LogP contribution is -2.46. The van der Waals surface area contributed by atoms with Crippen LogP contribution in [0.3, 0.4) is 0 Å². The summed E-state index contributed by atoms with van der Waals surface area (Å²) < 4.78 is 0. The maximum absolute atomic E-state index is 13.0. The number of piperidine rings is 1. The molecule has 0 aromatic heterocycles. The number of anilines is 1. The van der Waals surface area contributed by atoms with Gasteiger partial charge in [-0.3, -0.25) is 9.59 Å². The van der Waals surface area contributed by atoms with Crippen LogP contribution in [0.15, 0.2) is 30.3 Å². The Balaban J connectivity index is 0.00000210. The van der Waals surface area contributed by atoms with Crippen molar-refractivity contribution in [2.75, 3.05) is 18.0 Å². The summed E-state index contributed by atoms with van der Waals surface area (Å²) in [5.41, 5.74) is 0.929. The Hall–Kier alpha value is -1.59. The maximum atomic E-state index is 13.0. The molecule has 5 nitrogen and oxygen atoms in total. The van der Waals surface area contributed by atoms with Crippen LogP contribution in [0.1, 0.15) is 45.4 Å². The summed E-state index contributed by atoms with van der Waals surface area (Å²) in [6, 6.07) is 10.7. The molecule has 2 bridgehead atoms. The second-order valence-electron chi connectivity index (χ2n) is 7.99. The van der Waals surface area contributed by atoms with Crippen LogP contribution in [0.25, 0.3) is 0 Å². The van der Waals surface area contributed by atoms with Gasteiger partial charge in [-0.25, -0.2) is 0 Å². The summed E-state index contributed by atoms with van der Waals surface area (Å²) in [6.45, 7) is 3.28. The minimum atomic E-state index is -0.300. The van der Waals surface area contributed by atoms with E-state index < -0.39 is 0 Å². The van der Waals surface area contributed by atoms with E-state index in [1.165, 1.54) is 12.8 Å². The molecule has 6 heteroatoms. The zero-order chi connectivity index (χ0) is 18.1. The molecule has 3 saturated heterocycles. The lowest BCUT2D eigenvalue weighted by atomic mass is 9.89. The lowest BCUT2D eigenvalue weighted by molar-refractivity contribution is -0.139. The van der Waals surface area contributed by atoms with Crippen molar-refractivity contribution in [3.05, 3.63) is 30.3 Å². The standard InChI is InChI=1S/C21H29N3O2.ClH/c1-2-23(20(25)14-15-12-16-8-9-17(13-15)22-16)19-10-11-24(21(19)26)18-6-4-3-5-7-18;/h3-7,15-17,19,22H,2,8-14H2,1H3;1H. The van der Waals surface area contributed by atoms with Crippen molar-refractivity contribution >= 4 is 29.9 Å². The number of halogens is 1. The highest BCUT2D eigenvalue weighted by molar-refractivity contribution is 6.01. The Kier molecular flexibility index (Phi) is 6.43. The zero-order valence-electron chi connectivity index (χ0n) is 16.0. The van der Waals surface area contributed by atoms with E-state index in [9.17, 15) is 9.59 Å². The predicted molar refractivity (Wildman–Crippen MR) is 109 cm³/mol. The number of nitrogens with one attached hydrogen (secondary N) is 1. The van der Waals surface area contributed by atoms with Crippen LogP contribution < -0.4 is 10.2 Å². The van der Waals surface area contributed by atoms with Gasteiger partial charge in [0.15, 0.2) is 0 Å². The van der Waals surface area contributed by atoms with Crippen molar-refractivity contribution in [1.29, 1.82) is 0 Å². The number of carbonyl (C=O) groups excluding carboxylic acids is 2. The van der Waals surface area contributed by atoms with Gasteiger partial charge < -0.3 is 15.1 Å². The molecule has 1 aromatic carbocycles. The number of fused-ring (bicyclic) bond motifs is 2. The minimum Gasteiger partial charge on any atom is -0.331 e. The fraction of sp³-hybridized carbons (Fsp3) is 0.619. The van der Waals surface area contributed by atoms with Gasteiger partial charge in [-0.15, -0.1) is 12.4 Å². The number of nitrogens with zero attached hydrogens (tertiary/aromatic N) is 2. The summed E-state index contributed by atoms with van der Waals surface area (Å²) in [6.07, 6.45) is 6.03. The van der Waals surface area contributed by atoms with E-state index >= 15 is 0 Å². The topological polar surface area (TPSA) is 52.7 Å². The first kappa shape index (κ1) is 20.2. The molecular formula is C21H30ClN3O2. The van der Waals surface area contributed by atoms with Crippen molar-refractivity contribution in [1.82, 2.24) is 10.2 Å². The van der Waals surface area contributed by atoms with Gasteiger partial charge >= 0.3 is 0 Å². The van der Waals surface area contributed by atoms with Crippen LogP contribution in [-0.4, -0.2) is 47.9 Å². The molecule has 0 saturated carbocycles. The monoisotopic (exact) mass is 391 g/mol. The molecule has 3 heterocycles. The van der Waals surface area contributed by atoms with Crippen molar-refractivity contribution in [3.63, 3.8) is 0 Å². The Morgan fingerprint density at radius 1 is 1.15 bits per heavy atom. The number of para-hydroxylation sites is 1. The molecule has 3 unspecified atom stereocenters. The van der Waals surface area contributed by atoms with E-state index in [0.29, 0.717) is 37.5 Å². The molecule has 3 atom stereocenters.